The number of hydrogen-bond donors (Lipinski definition) is 4. The molecule has 0 radical (unpaired) electrons. The third-order valence-electron chi connectivity index (χ3n) is 2.72. The SMILES string of the molecule is COc1ccc(CNC(=O)NC(CO)C(=O)O)c(OC)c1. The second-order valence-electron chi connectivity index (χ2n) is 4.08. The van der Waals surface area contributed by atoms with E-state index in [4.69, 9.17) is 19.7 Å². The minimum absolute atomic E-state index is 0.136. The average molecular weight is 298 g/mol. The predicted molar refractivity (Wildman–Crippen MR) is 73.4 cm³/mol. The van der Waals surface area contributed by atoms with Crippen LogP contribution in [-0.4, -0.2) is 49.1 Å². The number of aliphatic hydroxyl groups excluding tert-OH is 1. The summed E-state index contributed by atoms with van der Waals surface area (Å²) in [5.41, 5.74) is 0.698. The number of carbonyl (C=O) groups is 2. The minimum Gasteiger partial charge on any atom is -0.497 e. The molecule has 21 heavy (non-hydrogen) atoms. The van der Waals surface area contributed by atoms with Gasteiger partial charge in [0.1, 0.15) is 11.5 Å². The quantitative estimate of drug-likeness (QED) is 0.560. The Hall–Kier alpha value is -2.48. The van der Waals surface area contributed by atoms with Crippen molar-refractivity contribution in [2.45, 2.75) is 12.6 Å². The first-order valence-electron chi connectivity index (χ1n) is 6.10. The highest BCUT2D eigenvalue weighted by Gasteiger charge is 2.18. The maximum Gasteiger partial charge on any atom is 0.328 e. The van der Waals surface area contributed by atoms with E-state index in [0.717, 1.165) is 0 Å². The van der Waals surface area contributed by atoms with Crippen molar-refractivity contribution in [2.24, 2.45) is 0 Å². The molecule has 1 rings (SSSR count). The first-order valence-corrected chi connectivity index (χ1v) is 6.10. The molecule has 0 fully saturated rings. The first-order chi connectivity index (χ1) is 10.0. The van der Waals surface area contributed by atoms with Crippen LogP contribution in [0.1, 0.15) is 5.56 Å². The van der Waals surface area contributed by atoms with Gasteiger partial charge in [-0.1, -0.05) is 0 Å². The molecule has 1 aromatic rings. The number of ether oxygens (including phenoxy) is 2. The Labute approximate surface area is 121 Å². The van der Waals surface area contributed by atoms with Gasteiger partial charge in [-0.25, -0.2) is 9.59 Å². The standard InChI is InChI=1S/C13H18N2O6/c1-20-9-4-3-8(11(5-9)21-2)6-14-13(19)15-10(7-16)12(17)18/h3-5,10,16H,6-7H2,1-2H3,(H,17,18)(H2,14,15,19). The van der Waals surface area contributed by atoms with Gasteiger partial charge in [0, 0.05) is 18.2 Å². The van der Waals surface area contributed by atoms with Gasteiger partial charge in [0.2, 0.25) is 0 Å². The Kier molecular flexibility index (Phi) is 6.28. The smallest absolute Gasteiger partial charge is 0.328 e. The summed E-state index contributed by atoms with van der Waals surface area (Å²) in [6.45, 7) is -0.550. The third kappa shape index (κ3) is 4.84. The molecular formula is C13H18N2O6. The molecule has 0 aliphatic heterocycles. The van der Waals surface area contributed by atoms with Crippen molar-refractivity contribution in [1.82, 2.24) is 10.6 Å². The largest absolute Gasteiger partial charge is 0.497 e. The molecule has 1 unspecified atom stereocenters. The summed E-state index contributed by atoms with van der Waals surface area (Å²) in [4.78, 5) is 22.2. The predicted octanol–water partition coefficient (Wildman–Crippen LogP) is -0.0515. The van der Waals surface area contributed by atoms with Crippen LogP contribution in [0, 0.1) is 0 Å². The molecule has 0 saturated carbocycles. The molecular weight excluding hydrogens is 280 g/mol. The number of carbonyl (C=O) groups excluding carboxylic acids is 1. The van der Waals surface area contributed by atoms with Crippen LogP contribution in [0.5, 0.6) is 11.5 Å². The molecule has 0 aliphatic carbocycles. The fraction of sp³-hybridized carbons (Fsp3) is 0.385. The van der Waals surface area contributed by atoms with Crippen molar-refractivity contribution in [3.8, 4) is 11.5 Å². The van der Waals surface area contributed by atoms with Crippen LogP contribution in [0.4, 0.5) is 4.79 Å². The fourth-order valence-electron chi connectivity index (χ4n) is 1.57. The summed E-state index contributed by atoms with van der Waals surface area (Å²) >= 11 is 0. The third-order valence-corrected chi connectivity index (χ3v) is 2.72. The summed E-state index contributed by atoms with van der Waals surface area (Å²) in [5, 5.41) is 22.1. The molecule has 116 valence electrons. The Bertz CT molecular complexity index is 505. The monoisotopic (exact) mass is 298 g/mol. The maximum atomic E-state index is 11.6. The van der Waals surface area contributed by atoms with Gasteiger partial charge in [0.25, 0.3) is 0 Å². The lowest BCUT2D eigenvalue weighted by atomic mass is 10.2. The second kappa shape index (κ2) is 7.95. The van der Waals surface area contributed by atoms with Gasteiger partial charge in [-0.3, -0.25) is 0 Å². The number of benzene rings is 1. The van der Waals surface area contributed by atoms with Crippen molar-refractivity contribution in [2.75, 3.05) is 20.8 Å². The molecule has 0 saturated heterocycles. The lowest BCUT2D eigenvalue weighted by Gasteiger charge is -2.14. The molecule has 8 heteroatoms. The number of carboxylic acid groups (broad SMARTS) is 1. The Morgan fingerprint density at radius 2 is 2.00 bits per heavy atom. The van der Waals surface area contributed by atoms with Crippen LogP contribution in [0.2, 0.25) is 0 Å². The normalized spacial score (nSPS) is 11.4. The van der Waals surface area contributed by atoms with Crippen molar-refractivity contribution in [1.29, 1.82) is 0 Å². The Morgan fingerprint density at radius 3 is 2.52 bits per heavy atom. The molecule has 1 atom stereocenters. The average Bonchev–Trinajstić information content (AvgIpc) is 2.49. The van der Waals surface area contributed by atoms with Gasteiger partial charge < -0.3 is 30.3 Å². The molecule has 4 N–H and O–H groups in total. The van der Waals surface area contributed by atoms with Crippen LogP contribution in [0.3, 0.4) is 0 Å². The van der Waals surface area contributed by atoms with E-state index in [1.807, 2.05) is 0 Å². The number of hydrogen-bond acceptors (Lipinski definition) is 5. The Balaban J connectivity index is 2.62. The molecule has 0 heterocycles. The van der Waals surface area contributed by atoms with E-state index in [0.29, 0.717) is 17.1 Å². The van der Waals surface area contributed by atoms with Crippen LogP contribution >= 0.6 is 0 Å². The molecule has 1 aromatic carbocycles. The van der Waals surface area contributed by atoms with Crippen LogP contribution in [-0.2, 0) is 11.3 Å². The van der Waals surface area contributed by atoms with E-state index < -0.39 is 24.6 Å². The topological polar surface area (TPSA) is 117 Å². The molecule has 0 aliphatic rings. The van der Waals surface area contributed by atoms with E-state index >= 15 is 0 Å². The molecule has 8 nitrogen and oxygen atoms in total. The molecule has 0 bridgehead atoms. The number of rotatable bonds is 7. The summed E-state index contributed by atoms with van der Waals surface area (Å²) in [7, 11) is 3.02. The molecule has 0 aromatic heterocycles. The van der Waals surface area contributed by atoms with E-state index in [-0.39, 0.29) is 6.54 Å². The number of amides is 2. The zero-order valence-corrected chi connectivity index (χ0v) is 11.8. The van der Waals surface area contributed by atoms with Crippen molar-refractivity contribution in [3.05, 3.63) is 23.8 Å². The van der Waals surface area contributed by atoms with E-state index in [2.05, 4.69) is 10.6 Å². The molecule has 0 spiro atoms. The number of urea groups is 1. The van der Waals surface area contributed by atoms with Gasteiger partial charge in [-0.15, -0.1) is 0 Å². The van der Waals surface area contributed by atoms with Crippen molar-refractivity contribution in [3.63, 3.8) is 0 Å². The Morgan fingerprint density at radius 1 is 1.29 bits per heavy atom. The van der Waals surface area contributed by atoms with Gasteiger partial charge in [0.05, 0.1) is 20.8 Å². The number of methoxy groups -OCH3 is 2. The summed E-state index contributed by atoms with van der Waals surface area (Å²) in [6.07, 6.45) is 0. The number of aliphatic carboxylic acids is 1. The highest BCUT2D eigenvalue weighted by atomic mass is 16.5. The van der Waals surface area contributed by atoms with E-state index in [1.54, 1.807) is 18.2 Å². The van der Waals surface area contributed by atoms with Crippen LogP contribution in [0.15, 0.2) is 18.2 Å². The first kappa shape index (κ1) is 16.6. The maximum absolute atomic E-state index is 11.6. The van der Waals surface area contributed by atoms with E-state index in [9.17, 15) is 9.59 Å². The van der Waals surface area contributed by atoms with Crippen molar-refractivity contribution < 1.29 is 29.3 Å². The number of carboxylic acids is 1. The van der Waals surface area contributed by atoms with Gasteiger partial charge in [-0.2, -0.15) is 0 Å². The van der Waals surface area contributed by atoms with Gasteiger partial charge >= 0.3 is 12.0 Å². The van der Waals surface area contributed by atoms with Gasteiger partial charge in [0.15, 0.2) is 6.04 Å². The van der Waals surface area contributed by atoms with Gasteiger partial charge in [-0.05, 0) is 12.1 Å². The zero-order chi connectivity index (χ0) is 15.8. The summed E-state index contributed by atoms with van der Waals surface area (Å²) < 4.78 is 10.2. The fourth-order valence-corrected chi connectivity index (χ4v) is 1.57. The zero-order valence-electron chi connectivity index (χ0n) is 11.8. The highest BCUT2D eigenvalue weighted by Crippen LogP contribution is 2.24. The van der Waals surface area contributed by atoms with Crippen molar-refractivity contribution >= 4 is 12.0 Å². The lowest BCUT2D eigenvalue weighted by molar-refractivity contribution is -0.140. The van der Waals surface area contributed by atoms with E-state index in [1.165, 1.54) is 14.2 Å². The summed E-state index contributed by atoms with van der Waals surface area (Å²) in [6, 6.07) is 3.06. The lowest BCUT2D eigenvalue weighted by Crippen LogP contribution is -2.47. The molecule has 2 amide bonds. The van der Waals surface area contributed by atoms with Crippen LogP contribution in [0.25, 0.3) is 0 Å². The second-order valence-corrected chi connectivity index (χ2v) is 4.08. The highest BCUT2D eigenvalue weighted by molar-refractivity contribution is 5.82. The van der Waals surface area contributed by atoms with Crippen LogP contribution < -0.4 is 20.1 Å². The minimum atomic E-state index is -1.34. The number of aliphatic hydroxyl groups is 1. The number of nitrogens with one attached hydrogen (secondary N) is 2. The summed E-state index contributed by atoms with van der Waals surface area (Å²) in [5.74, 6) is -0.160.